The second-order valence-corrected chi connectivity index (χ2v) is 6.74. The van der Waals surface area contributed by atoms with Gasteiger partial charge in [0.05, 0.1) is 5.56 Å². The number of aromatic carboxylic acids is 1. The number of likely N-dealkylation sites (tertiary alicyclic amines) is 1. The first-order chi connectivity index (χ1) is 12.6. The summed E-state index contributed by atoms with van der Waals surface area (Å²) >= 11 is 0. The molecule has 2 aromatic rings. The number of hydrogen-bond donors (Lipinski definition) is 2. The van der Waals surface area contributed by atoms with Gasteiger partial charge in [-0.2, -0.15) is 0 Å². The molecule has 1 fully saturated rings. The minimum Gasteiger partial charge on any atom is -0.478 e. The number of benzene rings is 2. The van der Waals surface area contributed by atoms with Gasteiger partial charge in [-0.1, -0.05) is 30.3 Å². The molecule has 0 saturated carbocycles. The van der Waals surface area contributed by atoms with Crippen molar-refractivity contribution in [3.8, 4) is 0 Å². The molecule has 134 valence electrons. The lowest BCUT2D eigenvalue weighted by Gasteiger charge is -2.34. The number of nitrogens with zero attached hydrogens (tertiary/aromatic N) is 1. The first kappa shape index (κ1) is 16.4. The molecule has 2 N–H and O–H groups in total. The molecular weight excluding hydrogens is 332 g/mol. The highest BCUT2D eigenvalue weighted by Crippen LogP contribution is 2.40. The maximum atomic E-state index is 12.4. The summed E-state index contributed by atoms with van der Waals surface area (Å²) in [4.78, 5) is 25.4. The Labute approximate surface area is 151 Å². The second-order valence-electron chi connectivity index (χ2n) is 6.74. The van der Waals surface area contributed by atoms with Gasteiger partial charge in [-0.15, -0.1) is 0 Å². The molecule has 26 heavy (non-hydrogen) atoms. The van der Waals surface area contributed by atoms with Crippen LogP contribution in [-0.4, -0.2) is 41.2 Å². The number of anilines is 1. The van der Waals surface area contributed by atoms with Crippen LogP contribution in [0.1, 0.15) is 33.8 Å². The summed E-state index contributed by atoms with van der Waals surface area (Å²) in [5, 5.41) is 12.7. The van der Waals surface area contributed by atoms with Crippen molar-refractivity contribution in [2.24, 2.45) is 0 Å². The van der Waals surface area contributed by atoms with Gasteiger partial charge in [0.1, 0.15) is 6.61 Å². The first-order valence-corrected chi connectivity index (χ1v) is 8.71. The smallest absolute Gasteiger partial charge is 0.410 e. The van der Waals surface area contributed by atoms with E-state index in [1.54, 1.807) is 17.0 Å². The number of carboxylic acid groups (broad SMARTS) is 1. The molecule has 2 heterocycles. The van der Waals surface area contributed by atoms with Crippen LogP contribution >= 0.6 is 0 Å². The average molecular weight is 352 g/mol. The van der Waals surface area contributed by atoms with E-state index in [1.807, 2.05) is 36.4 Å². The quantitative estimate of drug-likeness (QED) is 0.886. The van der Waals surface area contributed by atoms with E-state index in [2.05, 4.69) is 5.32 Å². The van der Waals surface area contributed by atoms with Gasteiger partial charge in [-0.25, -0.2) is 9.59 Å². The van der Waals surface area contributed by atoms with E-state index < -0.39 is 5.97 Å². The second kappa shape index (κ2) is 6.71. The molecule has 2 unspecified atom stereocenters. The van der Waals surface area contributed by atoms with Crippen LogP contribution in [0, 0.1) is 0 Å². The Kier molecular flexibility index (Phi) is 4.24. The number of rotatable bonds is 3. The van der Waals surface area contributed by atoms with Crippen molar-refractivity contribution in [2.45, 2.75) is 25.0 Å². The molecular formula is C20H20N2O4. The summed E-state index contributed by atoms with van der Waals surface area (Å²) < 4.78 is 5.44. The molecule has 6 nitrogen and oxygen atoms in total. The van der Waals surface area contributed by atoms with E-state index >= 15 is 0 Å². The van der Waals surface area contributed by atoms with Crippen molar-refractivity contribution in [3.63, 3.8) is 0 Å². The number of carbonyl (C=O) groups excluding carboxylic acids is 1. The first-order valence-electron chi connectivity index (χ1n) is 8.71. The zero-order valence-electron chi connectivity index (χ0n) is 14.2. The van der Waals surface area contributed by atoms with E-state index in [9.17, 15) is 14.7 Å². The normalized spacial score (nSPS) is 20.7. The van der Waals surface area contributed by atoms with Gasteiger partial charge in [-0.3, -0.25) is 0 Å². The molecule has 1 saturated heterocycles. The molecule has 2 atom stereocenters. The van der Waals surface area contributed by atoms with E-state index in [0.717, 1.165) is 23.2 Å². The lowest BCUT2D eigenvalue weighted by atomic mass is 9.89. The Hall–Kier alpha value is -3.02. The Bertz CT molecular complexity index is 837. The largest absolute Gasteiger partial charge is 0.478 e. The van der Waals surface area contributed by atoms with Gasteiger partial charge in [0.25, 0.3) is 0 Å². The number of carboxylic acids is 1. The third-order valence-electron chi connectivity index (χ3n) is 5.12. The van der Waals surface area contributed by atoms with Crippen LogP contribution in [0.3, 0.4) is 0 Å². The predicted molar refractivity (Wildman–Crippen MR) is 96.4 cm³/mol. The fourth-order valence-electron chi connectivity index (χ4n) is 3.75. The predicted octanol–water partition coefficient (Wildman–Crippen LogP) is 3.31. The zero-order valence-corrected chi connectivity index (χ0v) is 14.2. The van der Waals surface area contributed by atoms with Crippen LogP contribution in [-0.2, 0) is 11.3 Å². The van der Waals surface area contributed by atoms with Gasteiger partial charge in [0, 0.05) is 30.7 Å². The monoisotopic (exact) mass is 352 g/mol. The van der Waals surface area contributed by atoms with Crippen molar-refractivity contribution < 1.29 is 19.4 Å². The van der Waals surface area contributed by atoms with E-state index in [0.29, 0.717) is 13.1 Å². The lowest BCUT2D eigenvalue weighted by molar-refractivity contribution is 0.0695. The Morgan fingerprint density at radius 1 is 1.19 bits per heavy atom. The molecule has 1 amide bonds. The zero-order chi connectivity index (χ0) is 18.1. The molecule has 0 aliphatic carbocycles. The molecule has 0 spiro atoms. The topological polar surface area (TPSA) is 78.9 Å². The van der Waals surface area contributed by atoms with Crippen molar-refractivity contribution in [2.75, 3.05) is 18.4 Å². The minimum absolute atomic E-state index is 0.0855. The van der Waals surface area contributed by atoms with E-state index in [4.69, 9.17) is 4.74 Å². The third kappa shape index (κ3) is 3.10. The van der Waals surface area contributed by atoms with Crippen molar-refractivity contribution in [3.05, 3.63) is 65.2 Å². The van der Waals surface area contributed by atoms with Gasteiger partial charge >= 0.3 is 12.1 Å². The maximum Gasteiger partial charge on any atom is 0.410 e. The highest BCUT2D eigenvalue weighted by molar-refractivity contribution is 5.89. The fourth-order valence-corrected chi connectivity index (χ4v) is 3.75. The number of amides is 1. The Morgan fingerprint density at radius 2 is 2.00 bits per heavy atom. The summed E-state index contributed by atoms with van der Waals surface area (Å²) in [6, 6.07) is 15.0. The number of ether oxygens (including phenoxy) is 1. The van der Waals surface area contributed by atoms with Crippen LogP contribution in [0.25, 0.3) is 0 Å². The number of nitrogens with one attached hydrogen (secondary N) is 1. The summed E-state index contributed by atoms with van der Waals surface area (Å²) in [6.07, 6.45) is 0.484. The van der Waals surface area contributed by atoms with E-state index in [-0.39, 0.29) is 30.2 Å². The van der Waals surface area contributed by atoms with Crippen molar-refractivity contribution in [1.82, 2.24) is 4.90 Å². The number of hydrogen-bond acceptors (Lipinski definition) is 4. The van der Waals surface area contributed by atoms with Crippen LogP contribution in [0.2, 0.25) is 0 Å². The summed E-state index contributed by atoms with van der Waals surface area (Å²) in [5.41, 5.74) is 3.16. The van der Waals surface area contributed by atoms with Crippen LogP contribution < -0.4 is 5.32 Å². The fraction of sp³-hybridized carbons (Fsp3) is 0.300. The van der Waals surface area contributed by atoms with Crippen LogP contribution in [0.5, 0.6) is 0 Å². The summed E-state index contributed by atoms with van der Waals surface area (Å²) in [6.45, 7) is 1.41. The summed E-state index contributed by atoms with van der Waals surface area (Å²) in [5.74, 6) is -0.853. The minimum atomic E-state index is -0.939. The molecule has 0 radical (unpaired) electrons. The van der Waals surface area contributed by atoms with Gasteiger partial charge in [-0.05, 0) is 35.7 Å². The maximum absolute atomic E-state index is 12.4. The van der Waals surface area contributed by atoms with Gasteiger partial charge in [0.15, 0.2) is 0 Å². The molecule has 2 aliphatic rings. The number of piperidine rings is 1. The average Bonchev–Trinajstić information content (AvgIpc) is 3.04. The third-order valence-corrected chi connectivity index (χ3v) is 5.12. The van der Waals surface area contributed by atoms with Crippen molar-refractivity contribution >= 4 is 17.7 Å². The molecule has 0 aromatic heterocycles. The molecule has 6 heteroatoms. The number of carbonyl (C=O) groups is 2. The molecule has 0 bridgehead atoms. The highest BCUT2D eigenvalue weighted by atomic mass is 16.6. The van der Waals surface area contributed by atoms with Crippen LogP contribution in [0.15, 0.2) is 48.5 Å². The SMILES string of the molecule is O=C(O)c1ccc2c(c1)C1CN(C(=O)OCc3ccccc3)CCC1N2. The molecule has 2 aromatic carbocycles. The van der Waals surface area contributed by atoms with Gasteiger partial charge < -0.3 is 20.1 Å². The molecule has 4 rings (SSSR count). The highest BCUT2D eigenvalue weighted by Gasteiger charge is 2.38. The standard InChI is InChI=1S/C20H20N2O4/c23-19(24)14-6-7-17-15(10-14)16-11-22(9-8-18(16)21-17)20(25)26-12-13-4-2-1-3-5-13/h1-7,10,16,18,21H,8-9,11-12H2,(H,23,24). The Balaban J connectivity index is 1.45. The number of fused-ring (bicyclic) bond motifs is 3. The van der Waals surface area contributed by atoms with Crippen molar-refractivity contribution in [1.29, 1.82) is 0 Å². The van der Waals surface area contributed by atoms with Gasteiger partial charge in [0.2, 0.25) is 0 Å². The lowest BCUT2D eigenvalue weighted by Crippen LogP contribution is -2.45. The summed E-state index contributed by atoms with van der Waals surface area (Å²) in [7, 11) is 0. The van der Waals surface area contributed by atoms with Crippen LogP contribution in [0.4, 0.5) is 10.5 Å². The van der Waals surface area contributed by atoms with E-state index in [1.165, 1.54) is 0 Å². The molecule has 2 aliphatic heterocycles. The Morgan fingerprint density at radius 3 is 2.77 bits per heavy atom.